The molecular weight excluding hydrogens is 198 g/mol. The van der Waals surface area contributed by atoms with Crippen molar-refractivity contribution >= 4 is 9.84 Å². The van der Waals surface area contributed by atoms with Gasteiger partial charge in [-0.1, -0.05) is 0 Å². The normalized spacial score (nSPS) is 41.6. The Morgan fingerprint density at radius 2 is 2.14 bits per heavy atom. The second-order valence-corrected chi connectivity index (χ2v) is 7.14. The maximum Gasteiger partial charge on any atom is 0.150 e. The van der Waals surface area contributed by atoms with E-state index >= 15 is 0 Å². The summed E-state index contributed by atoms with van der Waals surface area (Å²) in [7, 11) is -2.67. The molecule has 0 aliphatic carbocycles. The lowest BCUT2D eigenvalue weighted by Crippen LogP contribution is -2.17. The molecule has 14 heavy (non-hydrogen) atoms. The predicted octanol–water partition coefficient (Wildman–Crippen LogP) is 0.809. The Kier molecular flexibility index (Phi) is 2.84. The third-order valence-electron chi connectivity index (χ3n) is 3.44. The lowest BCUT2D eigenvalue weighted by Gasteiger charge is -2.12. The first kappa shape index (κ1) is 10.4. The average molecular weight is 217 g/mol. The minimum Gasteiger partial charge on any atom is -0.314 e. The van der Waals surface area contributed by atoms with Gasteiger partial charge < -0.3 is 5.32 Å². The van der Waals surface area contributed by atoms with E-state index in [0.717, 1.165) is 19.4 Å². The number of nitrogens with one attached hydrogen (secondary N) is 1. The molecule has 2 saturated heterocycles. The van der Waals surface area contributed by atoms with E-state index in [9.17, 15) is 8.42 Å². The zero-order valence-corrected chi connectivity index (χ0v) is 9.52. The van der Waals surface area contributed by atoms with Gasteiger partial charge in [0.15, 0.2) is 9.84 Å². The molecule has 3 nitrogen and oxygen atoms in total. The molecule has 0 aromatic heterocycles. The molecule has 0 spiro atoms. The van der Waals surface area contributed by atoms with E-state index in [4.69, 9.17) is 0 Å². The van der Waals surface area contributed by atoms with E-state index in [2.05, 4.69) is 12.2 Å². The molecule has 2 aliphatic heterocycles. The van der Waals surface area contributed by atoms with Crippen LogP contribution in [0.15, 0.2) is 0 Å². The van der Waals surface area contributed by atoms with Gasteiger partial charge in [0.05, 0.1) is 11.5 Å². The molecule has 2 rings (SSSR count). The fourth-order valence-corrected chi connectivity index (χ4v) is 4.62. The smallest absolute Gasteiger partial charge is 0.150 e. The molecule has 0 amide bonds. The van der Waals surface area contributed by atoms with E-state index in [1.165, 1.54) is 6.42 Å². The van der Waals surface area contributed by atoms with Gasteiger partial charge >= 0.3 is 0 Å². The van der Waals surface area contributed by atoms with Gasteiger partial charge in [-0.05, 0) is 44.6 Å². The summed E-state index contributed by atoms with van der Waals surface area (Å²) < 4.78 is 22.5. The summed E-state index contributed by atoms with van der Waals surface area (Å²) in [5, 5.41) is 3.41. The summed E-state index contributed by atoms with van der Waals surface area (Å²) in [4.78, 5) is 0. The highest BCUT2D eigenvalue weighted by molar-refractivity contribution is 7.91. The number of sulfone groups is 1. The predicted molar refractivity (Wildman–Crippen MR) is 56.9 cm³/mol. The summed E-state index contributed by atoms with van der Waals surface area (Å²) >= 11 is 0. The highest BCUT2D eigenvalue weighted by Crippen LogP contribution is 2.28. The van der Waals surface area contributed by atoms with Crippen LogP contribution in [-0.2, 0) is 9.84 Å². The first-order valence-corrected chi connectivity index (χ1v) is 7.31. The zero-order chi connectivity index (χ0) is 10.2. The fraction of sp³-hybridized carbons (Fsp3) is 1.00. The van der Waals surface area contributed by atoms with Crippen LogP contribution in [0.25, 0.3) is 0 Å². The highest BCUT2D eigenvalue weighted by Gasteiger charge is 2.31. The van der Waals surface area contributed by atoms with Crippen LogP contribution in [-0.4, -0.2) is 32.5 Å². The quantitative estimate of drug-likeness (QED) is 0.744. The monoisotopic (exact) mass is 217 g/mol. The fourth-order valence-electron chi connectivity index (χ4n) is 2.74. The van der Waals surface area contributed by atoms with E-state index in [0.29, 0.717) is 29.4 Å². The van der Waals surface area contributed by atoms with E-state index in [1.807, 2.05) is 0 Å². The topological polar surface area (TPSA) is 46.2 Å². The van der Waals surface area contributed by atoms with Crippen LogP contribution in [0.4, 0.5) is 0 Å². The summed E-state index contributed by atoms with van der Waals surface area (Å²) in [6, 6.07) is 0.623. The maximum atomic E-state index is 11.3. The van der Waals surface area contributed by atoms with Gasteiger partial charge in [0.25, 0.3) is 0 Å². The molecule has 82 valence electrons. The van der Waals surface area contributed by atoms with E-state index in [1.54, 1.807) is 0 Å². The Morgan fingerprint density at radius 3 is 2.64 bits per heavy atom. The van der Waals surface area contributed by atoms with Crippen LogP contribution in [0, 0.1) is 11.8 Å². The van der Waals surface area contributed by atoms with Crippen molar-refractivity contribution in [2.45, 2.75) is 32.2 Å². The van der Waals surface area contributed by atoms with Crippen molar-refractivity contribution in [1.29, 1.82) is 0 Å². The minimum atomic E-state index is -2.67. The second kappa shape index (κ2) is 3.81. The molecule has 0 aromatic rings. The molecular formula is C10H19NO2S. The minimum absolute atomic E-state index is 0.424. The molecule has 0 bridgehead atoms. The molecule has 3 unspecified atom stereocenters. The van der Waals surface area contributed by atoms with Gasteiger partial charge in [0, 0.05) is 6.04 Å². The number of hydrogen-bond donors (Lipinski definition) is 1. The van der Waals surface area contributed by atoms with Crippen LogP contribution in [0.5, 0.6) is 0 Å². The van der Waals surface area contributed by atoms with Crippen LogP contribution in [0.2, 0.25) is 0 Å². The van der Waals surface area contributed by atoms with Crippen molar-refractivity contribution in [2.24, 2.45) is 11.8 Å². The van der Waals surface area contributed by atoms with Crippen molar-refractivity contribution in [1.82, 2.24) is 5.32 Å². The molecule has 0 radical (unpaired) electrons. The van der Waals surface area contributed by atoms with Gasteiger partial charge in [-0.2, -0.15) is 0 Å². The van der Waals surface area contributed by atoms with E-state index < -0.39 is 9.84 Å². The molecule has 0 aromatic carbocycles. The lowest BCUT2D eigenvalue weighted by molar-refractivity contribution is 0.415. The SMILES string of the molecule is CC1CC(CC2CCS(=O)(=O)C2)CN1. The summed E-state index contributed by atoms with van der Waals surface area (Å²) in [6.07, 6.45) is 3.22. The van der Waals surface area contributed by atoms with Crippen LogP contribution in [0.3, 0.4) is 0 Å². The van der Waals surface area contributed by atoms with Gasteiger partial charge in [0.2, 0.25) is 0 Å². The summed E-state index contributed by atoms with van der Waals surface area (Å²) in [5.74, 6) is 2.02. The van der Waals surface area contributed by atoms with Gasteiger partial charge in [0.1, 0.15) is 0 Å². The first-order chi connectivity index (χ1) is 6.55. The van der Waals surface area contributed by atoms with Crippen molar-refractivity contribution in [3.8, 4) is 0 Å². The van der Waals surface area contributed by atoms with Crippen molar-refractivity contribution in [2.75, 3.05) is 18.1 Å². The average Bonchev–Trinajstić information content (AvgIpc) is 2.59. The Balaban J connectivity index is 1.82. The van der Waals surface area contributed by atoms with Crippen molar-refractivity contribution < 1.29 is 8.42 Å². The summed E-state index contributed by atoms with van der Waals surface area (Å²) in [6.45, 7) is 3.28. The standard InChI is InChI=1S/C10H19NO2S/c1-8-4-10(6-11-8)5-9-2-3-14(12,13)7-9/h8-11H,2-7H2,1H3. The second-order valence-electron chi connectivity index (χ2n) is 4.92. The number of rotatable bonds is 2. The molecule has 3 atom stereocenters. The van der Waals surface area contributed by atoms with Gasteiger partial charge in [-0.15, -0.1) is 0 Å². The van der Waals surface area contributed by atoms with Gasteiger partial charge in [-0.3, -0.25) is 0 Å². The van der Waals surface area contributed by atoms with Crippen molar-refractivity contribution in [3.05, 3.63) is 0 Å². The van der Waals surface area contributed by atoms with Gasteiger partial charge in [-0.25, -0.2) is 8.42 Å². The van der Waals surface area contributed by atoms with E-state index in [-0.39, 0.29) is 0 Å². The van der Waals surface area contributed by atoms with Crippen molar-refractivity contribution in [3.63, 3.8) is 0 Å². The molecule has 4 heteroatoms. The Bertz CT molecular complexity index is 299. The Morgan fingerprint density at radius 1 is 1.36 bits per heavy atom. The highest BCUT2D eigenvalue weighted by atomic mass is 32.2. The van der Waals surface area contributed by atoms with Crippen LogP contribution in [0.1, 0.15) is 26.2 Å². The Labute approximate surface area is 86.2 Å². The zero-order valence-electron chi connectivity index (χ0n) is 8.70. The molecule has 2 aliphatic rings. The maximum absolute atomic E-state index is 11.3. The molecule has 2 fully saturated rings. The Hall–Kier alpha value is -0.0900. The molecule has 1 N–H and O–H groups in total. The van der Waals surface area contributed by atoms with Crippen LogP contribution < -0.4 is 5.32 Å². The number of hydrogen-bond acceptors (Lipinski definition) is 3. The molecule has 0 saturated carbocycles. The molecule has 2 heterocycles. The lowest BCUT2D eigenvalue weighted by atomic mass is 9.92. The third-order valence-corrected chi connectivity index (χ3v) is 5.27. The van der Waals surface area contributed by atoms with Crippen LogP contribution >= 0.6 is 0 Å². The first-order valence-electron chi connectivity index (χ1n) is 5.49. The summed E-state index contributed by atoms with van der Waals surface area (Å²) in [5.41, 5.74) is 0. The third kappa shape index (κ3) is 2.48. The largest absolute Gasteiger partial charge is 0.314 e.